The van der Waals surface area contributed by atoms with Gasteiger partial charge in [0.05, 0.1) is 0 Å². The largest absolute Gasteiger partial charge is 0.389 e. The number of nitrogens with two attached hydrogens (primary N) is 1. The van der Waals surface area contributed by atoms with Gasteiger partial charge >= 0.3 is 0 Å². The predicted octanol–water partition coefficient (Wildman–Crippen LogP) is 2.29. The number of benzene rings is 1. The predicted molar refractivity (Wildman–Crippen MR) is 111 cm³/mol. The standard InChI is InChI=1S/C22H28N4O2/c1-14-9-10-19(21(27)25-14)26-16(3)20-17(7-6-8-18(20)22(26)28)13-15(2)24-12-5-4-11-23/h6-8,19,24H,1-5,9-13,23H2,(H,25,27). The first kappa shape index (κ1) is 19.9. The molecule has 0 aromatic heterocycles. The van der Waals surface area contributed by atoms with E-state index in [2.05, 4.69) is 30.4 Å². The molecular weight excluding hydrogens is 352 g/mol. The van der Waals surface area contributed by atoms with E-state index in [9.17, 15) is 9.59 Å². The fraction of sp³-hybridized carbons (Fsp3) is 0.364. The number of nitrogens with zero attached hydrogens (tertiary/aromatic N) is 1. The number of carbonyl (C=O) groups excluding carboxylic acids is 2. The Labute approximate surface area is 166 Å². The van der Waals surface area contributed by atoms with Crippen molar-refractivity contribution in [1.82, 2.24) is 15.5 Å². The van der Waals surface area contributed by atoms with Gasteiger partial charge in [0.2, 0.25) is 5.91 Å². The van der Waals surface area contributed by atoms with Gasteiger partial charge in [0, 0.05) is 41.2 Å². The molecule has 1 aromatic rings. The van der Waals surface area contributed by atoms with Crippen LogP contribution in [0.15, 0.2) is 49.3 Å². The summed E-state index contributed by atoms with van der Waals surface area (Å²) in [5.41, 5.74) is 10.1. The maximum atomic E-state index is 13.0. The van der Waals surface area contributed by atoms with E-state index in [-0.39, 0.29) is 11.8 Å². The van der Waals surface area contributed by atoms with Crippen molar-refractivity contribution in [3.63, 3.8) is 0 Å². The van der Waals surface area contributed by atoms with Gasteiger partial charge in [0.25, 0.3) is 5.91 Å². The Morgan fingerprint density at radius 3 is 2.79 bits per heavy atom. The quantitative estimate of drug-likeness (QED) is 0.604. The van der Waals surface area contributed by atoms with Gasteiger partial charge in [-0.05, 0) is 43.9 Å². The first-order valence-corrected chi connectivity index (χ1v) is 9.69. The first-order valence-electron chi connectivity index (χ1n) is 9.69. The highest BCUT2D eigenvalue weighted by Gasteiger charge is 2.41. The van der Waals surface area contributed by atoms with Crippen molar-refractivity contribution in [3.8, 4) is 0 Å². The summed E-state index contributed by atoms with van der Waals surface area (Å²) in [6, 6.07) is 5.09. The molecule has 0 aliphatic carbocycles. The number of allylic oxidation sites excluding steroid dienone is 2. The molecule has 2 amide bonds. The van der Waals surface area contributed by atoms with Crippen molar-refractivity contribution in [2.45, 2.75) is 38.1 Å². The Kier molecular flexibility index (Phi) is 5.99. The summed E-state index contributed by atoms with van der Waals surface area (Å²) in [7, 11) is 0. The zero-order valence-electron chi connectivity index (χ0n) is 16.2. The van der Waals surface area contributed by atoms with Gasteiger partial charge in [-0.3, -0.25) is 14.5 Å². The van der Waals surface area contributed by atoms with Gasteiger partial charge in [-0.1, -0.05) is 31.9 Å². The average molecular weight is 380 g/mol. The van der Waals surface area contributed by atoms with Gasteiger partial charge < -0.3 is 16.4 Å². The summed E-state index contributed by atoms with van der Waals surface area (Å²) < 4.78 is 0. The van der Waals surface area contributed by atoms with Crippen molar-refractivity contribution >= 4 is 17.5 Å². The van der Waals surface area contributed by atoms with E-state index in [1.807, 2.05) is 12.1 Å². The first-order chi connectivity index (χ1) is 13.4. The highest BCUT2D eigenvalue weighted by Crippen LogP contribution is 2.38. The Morgan fingerprint density at radius 1 is 1.29 bits per heavy atom. The molecule has 28 heavy (non-hydrogen) atoms. The zero-order chi connectivity index (χ0) is 20.3. The number of fused-ring (bicyclic) bond motifs is 1. The van der Waals surface area contributed by atoms with Crippen LogP contribution in [-0.2, 0) is 11.2 Å². The lowest BCUT2D eigenvalue weighted by Gasteiger charge is -2.31. The maximum absolute atomic E-state index is 13.0. The van der Waals surface area contributed by atoms with Crippen LogP contribution in [0.4, 0.5) is 0 Å². The molecule has 1 fully saturated rings. The molecule has 1 saturated heterocycles. The maximum Gasteiger partial charge on any atom is 0.259 e. The molecule has 1 atom stereocenters. The van der Waals surface area contributed by atoms with E-state index >= 15 is 0 Å². The highest BCUT2D eigenvalue weighted by atomic mass is 16.2. The molecule has 1 aromatic carbocycles. The van der Waals surface area contributed by atoms with Crippen molar-refractivity contribution in [2.75, 3.05) is 13.1 Å². The number of carbonyl (C=O) groups is 2. The minimum atomic E-state index is -0.552. The molecule has 2 aliphatic rings. The molecule has 0 radical (unpaired) electrons. The third-order valence-electron chi connectivity index (χ3n) is 5.22. The second-order valence-electron chi connectivity index (χ2n) is 7.31. The van der Waals surface area contributed by atoms with E-state index in [4.69, 9.17) is 5.73 Å². The molecule has 3 rings (SSSR count). The highest BCUT2D eigenvalue weighted by molar-refractivity contribution is 6.11. The van der Waals surface area contributed by atoms with Crippen molar-refractivity contribution in [3.05, 3.63) is 66.0 Å². The number of hydrogen-bond acceptors (Lipinski definition) is 4. The lowest BCUT2D eigenvalue weighted by atomic mass is 9.98. The van der Waals surface area contributed by atoms with Crippen LogP contribution in [0, 0.1) is 0 Å². The van der Waals surface area contributed by atoms with Crippen LogP contribution < -0.4 is 16.4 Å². The molecular formula is C22H28N4O2. The van der Waals surface area contributed by atoms with Crippen LogP contribution >= 0.6 is 0 Å². The smallest absolute Gasteiger partial charge is 0.259 e. The van der Waals surface area contributed by atoms with E-state index in [1.54, 1.807) is 6.07 Å². The summed E-state index contributed by atoms with van der Waals surface area (Å²) in [6.45, 7) is 13.6. The van der Waals surface area contributed by atoms with E-state index in [0.29, 0.717) is 42.8 Å². The van der Waals surface area contributed by atoms with Gasteiger partial charge in [0.15, 0.2) is 0 Å². The third kappa shape index (κ3) is 3.87. The molecule has 0 spiro atoms. The number of amides is 2. The topological polar surface area (TPSA) is 87.5 Å². The van der Waals surface area contributed by atoms with Crippen molar-refractivity contribution < 1.29 is 9.59 Å². The summed E-state index contributed by atoms with van der Waals surface area (Å²) in [5.74, 6) is -0.373. The Morgan fingerprint density at radius 2 is 2.07 bits per heavy atom. The van der Waals surface area contributed by atoms with Crippen LogP contribution in [0.3, 0.4) is 0 Å². The molecule has 0 bridgehead atoms. The van der Waals surface area contributed by atoms with Crippen LogP contribution in [-0.4, -0.2) is 35.8 Å². The molecule has 2 aliphatic heterocycles. The molecule has 4 N–H and O–H groups in total. The molecule has 6 heteroatoms. The fourth-order valence-corrected chi connectivity index (χ4v) is 3.80. The normalized spacial score (nSPS) is 18.9. The molecule has 2 heterocycles. The van der Waals surface area contributed by atoms with Crippen molar-refractivity contribution in [2.24, 2.45) is 5.73 Å². The van der Waals surface area contributed by atoms with Gasteiger partial charge in [-0.2, -0.15) is 0 Å². The zero-order valence-corrected chi connectivity index (χ0v) is 16.2. The summed E-state index contributed by atoms with van der Waals surface area (Å²) >= 11 is 0. The molecule has 6 nitrogen and oxygen atoms in total. The summed E-state index contributed by atoms with van der Waals surface area (Å²) in [5, 5.41) is 6.07. The Bertz CT molecular complexity index is 843. The van der Waals surface area contributed by atoms with E-state index in [0.717, 1.165) is 36.2 Å². The average Bonchev–Trinajstić information content (AvgIpc) is 2.91. The third-order valence-corrected chi connectivity index (χ3v) is 5.22. The monoisotopic (exact) mass is 380 g/mol. The molecule has 0 saturated carbocycles. The van der Waals surface area contributed by atoms with Crippen molar-refractivity contribution in [1.29, 1.82) is 0 Å². The fourth-order valence-electron chi connectivity index (χ4n) is 3.80. The second kappa shape index (κ2) is 8.44. The molecule has 1 unspecified atom stereocenters. The van der Waals surface area contributed by atoms with Crippen LogP contribution in [0.25, 0.3) is 5.70 Å². The van der Waals surface area contributed by atoms with Gasteiger partial charge in [0.1, 0.15) is 6.04 Å². The number of nitrogens with one attached hydrogen (secondary N) is 2. The Hall–Kier alpha value is -2.86. The summed E-state index contributed by atoms with van der Waals surface area (Å²) in [4.78, 5) is 27.0. The lowest BCUT2D eigenvalue weighted by Crippen LogP contribution is -2.49. The van der Waals surface area contributed by atoms with E-state index in [1.165, 1.54) is 4.90 Å². The summed E-state index contributed by atoms with van der Waals surface area (Å²) in [6.07, 6.45) is 3.76. The van der Waals surface area contributed by atoms with Crippen LogP contribution in [0.5, 0.6) is 0 Å². The molecule has 148 valence electrons. The number of piperidine rings is 1. The Balaban J connectivity index is 1.77. The number of unbranched alkanes of at least 4 members (excludes halogenated alkanes) is 1. The number of hydrogen-bond donors (Lipinski definition) is 3. The van der Waals surface area contributed by atoms with Gasteiger partial charge in [-0.15, -0.1) is 0 Å². The minimum absolute atomic E-state index is 0.170. The van der Waals surface area contributed by atoms with Crippen LogP contribution in [0.1, 0.15) is 47.2 Å². The number of rotatable bonds is 8. The second-order valence-corrected chi connectivity index (χ2v) is 7.31. The van der Waals surface area contributed by atoms with Gasteiger partial charge in [-0.25, -0.2) is 0 Å². The van der Waals surface area contributed by atoms with Crippen LogP contribution in [0.2, 0.25) is 0 Å². The van der Waals surface area contributed by atoms with E-state index < -0.39 is 6.04 Å². The lowest BCUT2D eigenvalue weighted by molar-refractivity contribution is -0.125. The minimum Gasteiger partial charge on any atom is -0.389 e. The SMILES string of the molecule is C=C(Cc1cccc2c1C(=C)N(C1CCC(=C)NC1=O)C2=O)NCCCCN.